The van der Waals surface area contributed by atoms with Crippen LogP contribution in [0.1, 0.15) is 0 Å². The predicted molar refractivity (Wildman–Crippen MR) is 47.0 cm³/mol. The van der Waals surface area contributed by atoms with Gasteiger partial charge in [-0.05, 0) is 0 Å². The van der Waals surface area contributed by atoms with E-state index in [1.54, 1.807) is 0 Å². The summed E-state index contributed by atoms with van der Waals surface area (Å²) in [6, 6.07) is -1.23. The summed E-state index contributed by atoms with van der Waals surface area (Å²) in [7, 11) is 1.38. The number of aliphatic hydroxyl groups is 1. The van der Waals surface area contributed by atoms with Crippen molar-refractivity contribution >= 4 is 15.4 Å². The van der Waals surface area contributed by atoms with E-state index < -0.39 is 38.6 Å². The molecular weight excluding hydrogens is 213 g/mol. The quantitative estimate of drug-likeness (QED) is 0.495. The topological polar surface area (TPSA) is 76.0 Å². The molecule has 5 atom stereocenters. The molecule has 1 rings (SSSR count). The molecule has 1 fully saturated rings. The van der Waals surface area contributed by atoms with E-state index in [0.29, 0.717) is 0 Å². The molecule has 8 heteroatoms. The second-order valence-electron chi connectivity index (χ2n) is 3.14. The molecule has 0 aromatic heterocycles. The van der Waals surface area contributed by atoms with E-state index >= 15 is 0 Å². The van der Waals surface area contributed by atoms with E-state index in [0.717, 1.165) is 6.66 Å². The van der Waals surface area contributed by atoms with Gasteiger partial charge in [0.2, 0.25) is 0 Å². The maximum absolute atomic E-state index is 13.2. The van der Waals surface area contributed by atoms with Gasteiger partial charge in [0.15, 0.2) is 0 Å². The van der Waals surface area contributed by atoms with E-state index in [9.17, 15) is 8.96 Å². The molecule has 0 aliphatic carbocycles. The molecule has 14 heavy (non-hydrogen) atoms. The number of halogens is 1. The van der Waals surface area contributed by atoms with Gasteiger partial charge in [-0.25, -0.2) is 4.39 Å². The van der Waals surface area contributed by atoms with Crippen molar-refractivity contribution < 1.29 is 28.2 Å². The summed E-state index contributed by atoms with van der Waals surface area (Å²) >= 11 is 0. The fourth-order valence-electron chi connectivity index (χ4n) is 1.25. The Bertz CT molecular complexity index is 246. The molecule has 0 amide bonds. The van der Waals surface area contributed by atoms with Gasteiger partial charge < -0.3 is 14.7 Å². The van der Waals surface area contributed by atoms with E-state index in [1.165, 1.54) is 0 Å². The highest BCUT2D eigenvalue weighted by Crippen LogP contribution is 2.42. The summed E-state index contributed by atoms with van der Waals surface area (Å²) < 4.78 is 33.4. The summed E-state index contributed by atoms with van der Waals surface area (Å²) in [5.41, 5.74) is 0. The van der Waals surface area contributed by atoms with Crippen LogP contribution in [0, 0.1) is 0 Å². The lowest BCUT2D eigenvalue weighted by Crippen LogP contribution is -2.33. The average Bonchev–Trinajstić information content (AvgIpc) is 2.30. The van der Waals surface area contributed by atoms with Crippen molar-refractivity contribution in [1.29, 1.82) is 0 Å². The molecule has 1 aliphatic heterocycles. The van der Waals surface area contributed by atoms with Gasteiger partial charge in [0.25, 0.3) is 0 Å². The first-order valence-corrected chi connectivity index (χ1v) is 6.02. The summed E-state index contributed by atoms with van der Waals surface area (Å²) in [6.45, 7) is 0.413. The van der Waals surface area contributed by atoms with Crippen LogP contribution in [-0.2, 0) is 13.8 Å². The minimum Gasteiger partial charge on any atom is -0.394 e. The highest BCUT2D eigenvalue weighted by atomic mass is 31.2. The van der Waals surface area contributed by atoms with Crippen LogP contribution in [0.15, 0.2) is 0 Å². The monoisotopic (exact) mass is 224 g/mol. The summed E-state index contributed by atoms with van der Waals surface area (Å²) in [4.78, 5) is 8.88. The first-order valence-electron chi connectivity index (χ1n) is 4.00. The second kappa shape index (κ2) is 4.29. The molecule has 5 nitrogen and oxygen atoms in total. The lowest BCUT2D eigenvalue weighted by atomic mass is 9.94. The average molecular weight is 224 g/mol. The predicted octanol–water partition coefficient (Wildman–Crippen LogP) is -0.589. The van der Waals surface area contributed by atoms with Crippen LogP contribution in [-0.4, -0.2) is 55.5 Å². The Morgan fingerprint density at radius 2 is 2.29 bits per heavy atom. The summed E-state index contributed by atoms with van der Waals surface area (Å²) in [6.07, 6.45) is -4.01. The maximum atomic E-state index is 13.2. The van der Waals surface area contributed by atoms with Crippen LogP contribution in [0.4, 0.5) is 4.39 Å². The third-order valence-electron chi connectivity index (χ3n) is 1.82. The zero-order valence-corrected chi connectivity index (χ0v) is 8.43. The number of hydrogen-bond acceptors (Lipinski definition) is 4. The van der Waals surface area contributed by atoms with Crippen molar-refractivity contribution in [3.8, 4) is 0 Å². The third-order valence-corrected chi connectivity index (χ3v) is 2.46. The Labute approximate surface area is 82.2 Å². The van der Waals surface area contributed by atoms with Crippen LogP contribution in [0.25, 0.3) is 0 Å². The number of aliphatic hydroxyl groups excluding tert-OH is 1. The van der Waals surface area contributed by atoms with Gasteiger partial charge in [-0.3, -0.25) is 9.09 Å². The summed E-state index contributed by atoms with van der Waals surface area (Å²) in [5, 5.41) is 8.77. The Morgan fingerprint density at radius 1 is 1.71 bits per heavy atom. The van der Waals surface area contributed by atoms with Crippen molar-refractivity contribution in [2.75, 3.05) is 13.3 Å². The zero-order chi connectivity index (χ0) is 10.9. The number of hydrogen-bond donors (Lipinski definition) is 2. The van der Waals surface area contributed by atoms with Crippen molar-refractivity contribution in [3.05, 3.63) is 0 Å². The molecule has 1 heterocycles. The Morgan fingerprint density at radius 3 is 2.71 bits per heavy atom. The zero-order valence-electron chi connectivity index (χ0n) is 7.54. The molecule has 0 spiro atoms. The number of alkyl halides is 1. The maximum Gasteiger partial charge on any atom is 0.325 e. The molecule has 0 saturated carbocycles. The second-order valence-corrected chi connectivity index (χ2v) is 4.96. The van der Waals surface area contributed by atoms with Crippen LogP contribution < -0.4 is 0 Å². The van der Waals surface area contributed by atoms with Gasteiger partial charge in [-0.1, -0.05) is 0 Å². The van der Waals surface area contributed by atoms with Gasteiger partial charge in [0, 0.05) is 6.66 Å². The standard InChI is InChI=1S/C6H11BFO5P/c1-14(10,11)13-5-3(2-9)12-6(7)4(5)8/h3-6,9H,2H2,1H3,(H,10,11). The molecule has 1 saturated heterocycles. The van der Waals surface area contributed by atoms with Crippen LogP contribution in [0.2, 0.25) is 0 Å². The van der Waals surface area contributed by atoms with Gasteiger partial charge in [-0.15, -0.1) is 0 Å². The Kier molecular flexibility index (Phi) is 3.72. The minimum atomic E-state index is -3.82. The molecule has 0 bridgehead atoms. The highest BCUT2D eigenvalue weighted by Gasteiger charge is 2.45. The molecular formula is C6H11BFO5P. The van der Waals surface area contributed by atoms with Crippen LogP contribution >= 0.6 is 7.60 Å². The van der Waals surface area contributed by atoms with E-state index in [4.69, 9.17) is 22.6 Å². The van der Waals surface area contributed by atoms with Crippen molar-refractivity contribution in [2.45, 2.75) is 24.4 Å². The van der Waals surface area contributed by atoms with Crippen LogP contribution in [0.5, 0.6) is 0 Å². The minimum absolute atomic E-state index is 0.515. The lowest BCUT2D eigenvalue weighted by Gasteiger charge is -2.19. The molecule has 80 valence electrons. The first-order chi connectivity index (χ1) is 6.35. The fraction of sp³-hybridized carbons (Fsp3) is 1.00. The SMILES string of the molecule is [B]C1OC(CO)C(OP(C)(=O)O)C1F. The van der Waals surface area contributed by atoms with Crippen molar-refractivity contribution in [3.63, 3.8) is 0 Å². The van der Waals surface area contributed by atoms with Crippen molar-refractivity contribution in [1.82, 2.24) is 0 Å². The summed E-state index contributed by atoms with van der Waals surface area (Å²) in [5.74, 6) is 0. The highest BCUT2D eigenvalue weighted by molar-refractivity contribution is 7.51. The molecule has 2 N–H and O–H groups in total. The normalized spacial score (nSPS) is 42.3. The van der Waals surface area contributed by atoms with E-state index in [-0.39, 0.29) is 0 Å². The van der Waals surface area contributed by atoms with Gasteiger partial charge in [-0.2, -0.15) is 0 Å². The Hall–Kier alpha value is 0.0649. The smallest absolute Gasteiger partial charge is 0.325 e. The molecule has 0 aromatic carbocycles. The number of ether oxygens (including phenoxy) is 1. The Balaban J connectivity index is 2.69. The molecule has 1 aliphatic rings. The van der Waals surface area contributed by atoms with Crippen molar-refractivity contribution in [2.24, 2.45) is 0 Å². The van der Waals surface area contributed by atoms with E-state index in [1.807, 2.05) is 0 Å². The molecule has 0 aromatic rings. The lowest BCUT2D eigenvalue weighted by molar-refractivity contribution is 0.000581. The number of rotatable bonds is 3. The van der Waals surface area contributed by atoms with Gasteiger partial charge in [0.1, 0.15) is 26.2 Å². The molecule has 2 radical (unpaired) electrons. The van der Waals surface area contributed by atoms with Gasteiger partial charge in [0.05, 0.1) is 12.6 Å². The fourth-order valence-corrected chi connectivity index (χ4v) is 1.95. The first kappa shape index (κ1) is 12.1. The van der Waals surface area contributed by atoms with E-state index in [2.05, 4.69) is 4.52 Å². The van der Waals surface area contributed by atoms with Crippen LogP contribution in [0.3, 0.4) is 0 Å². The van der Waals surface area contributed by atoms with Gasteiger partial charge >= 0.3 is 7.60 Å². The largest absolute Gasteiger partial charge is 0.394 e. The molecule has 5 unspecified atom stereocenters. The third kappa shape index (κ3) is 2.78.